The summed E-state index contributed by atoms with van der Waals surface area (Å²) in [4.78, 5) is 23.0. The molecule has 94 valence electrons. The van der Waals surface area contributed by atoms with Crippen molar-refractivity contribution < 1.29 is 14.3 Å². The summed E-state index contributed by atoms with van der Waals surface area (Å²) in [5.41, 5.74) is 1.67. The molecule has 0 aliphatic rings. The molecule has 0 bridgehead atoms. The van der Waals surface area contributed by atoms with Crippen LogP contribution < -0.4 is 5.32 Å². The number of aromatic amines is 1. The van der Waals surface area contributed by atoms with E-state index < -0.39 is 12.0 Å². The molecule has 2 N–H and O–H groups in total. The van der Waals surface area contributed by atoms with Crippen molar-refractivity contribution >= 4 is 22.9 Å². The van der Waals surface area contributed by atoms with Crippen molar-refractivity contribution in [1.82, 2.24) is 20.7 Å². The molecule has 7 nitrogen and oxygen atoms in total. The highest BCUT2D eigenvalue weighted by atomic mass is 16.5. The molecule has 2 aromatic rings. The molecule has 1 aromatic heterocycles. The maximum absolute atomic E-state index is 11.9. The van der Waals surface area contributed by atoms with Gasteiger partial charge in [0.15, 0.2) is 0 Å². The van der Waals surface area contributed by atoms with Gasteiger partial charge in [-0.3, -0.25) is 4.79 Å². The number of amides is 1. The minimum atomic E-state index is -0.699. The fourth-order valence-electron chi connectivity index (χ4n) is 1.50. The summed E-state index contributed by atoms with van der Waals surface area (Å²) >= 11 is 0. The average molecular weight is 248 g/mol. The second-order valence-electron chi connectivity index (χ2n) is 3.75. The van der Waals surface area contributed by atoms with Crippen molar-refractivity contribution in [3.63, 3.8) is 0 Å². The summed E-state index contributed by atoms with van der Waals surface area (Å²) in [6.07, 6.45) is 0. The second-order valence-corrected chi connectivity index (χ2v) is 3.75. The Hall–Kier alpha value is -2.44. The number of hydrogen-bond donors (Lipinski definition) is 2. The monoisotopic (exact) mass is 248 g/mol. The molecule has 0 aliphatic heterocycles. The molecule has 1 aromatic carbocycles. The summed E-state index contributed by atoms with van der Waals surface area (Å²) in [6, 6.07) is 4.19. The van der Waals surface area contributed by atoms with Gasteiger partial charge in [0.2, 0.25) is 0 Å². The first-order valence-corrected chi connectivity index (χ1v) is 5.31. The van der Waals surface area contributed by atoms with Crippen LogP contribution in [0.25, 0.3) is 11.0 Å². The van der Waals surface area contributed by atoms with E-state index in [4.69, 9.17) is 0 Å². The molecule has 0 unspecified atom stereocenters. The molecule has 2 rings (SSSR count). The Morgan fingerprint density at radius 2 is 2.06 bits per heavy atom. The van der Waals surface area contributed by atoms with Crippen LogP contribution in [0.2, 0.25) is 0 Å². The normalized spacial score (nSPS) is 12.1. The van der Waals surface area contributed by atoms with Crippen molar-refractivity contribution in [2.24, 2.45) is 0 Å². The Bertz CT molecular complexity index is 593. The van der Waals surface area contributed by atoms with Gasteiger partial charge in [-0.25, -0.2) is 4.79 Å². The quantitative estimate of drug-likeness (QED) is 0.759. The number of methoxy groups -OCH3 is 1. The van der Waals surface area contributed by atoms with Crippen LogP contribution in [0.15, 0.2) is 18.2 Å². The minimum absolute atomic E-state index is 0.363. The Morgan fingerprint density at radius 1 is 1.33 bits per heavy atom. The summed E-state index contributed by atoms with van der Waals surface area (Å²) in [7, 11) is 1.27. The topological polar surface area (TPSA) is 97.0 Å². The number of carbonyl (C=O) groups is 2. The molecule has 7 heteroatoms. The largest absolute Gasteiger partial charge is 0.467 e. The lowest BCUT2D eigenvalue weighted by atomic mass is 10.2. The van der Waals surface area contributed by atoms with Crippen LogP contribution in [0.3, 0.4) is 0 Å². The van der Waals surface area contributed by atoms with Crippen molar-refractivity contribution in [1.29, 1.82) is 0 Å². The lowest BCUT2D eigenvalue weighted by Crippen LogP contribution is -2.39. The Morgan fingerprint density at radius 3 is 2.78 bits per heavy atom. The van der Waals surface area contributed by atoms with Gasteiger partial charge in [-0.15, -0.1) is 0 Å². The van der Waals surface area contributed by atoms with Gasteiger partial charge >= 0.3 is 5.97 Å². The summed E-state index contributed by atoms with van der Waals surface area (Å²) in [5, 5.41) is 12.8. The fourth-order valence-corrected chi connectivity index (χ4v) is 1.50. The Balaban J connectivity index is 2.15. The first-order chi connectivity index (χ1) is 8.61. The lowest BCUT2D eigenvalue weighted by Gasteiger charge is -2.11. The van der Waals surface area contributed by atoms with Gasteiger partial charge in [-0.05, 0) is 25.1 Å². The molecule has 18 heavy (non-hydrogen) atoms. The van der Waals surface area contributed by atoms with E-state index in [0.717, 1.165) is 0 Å². The zero-order valence-electron chi connectivity index (χ0n) is 9.93. The molecule has 0 saturated heterocycles. The summed E-state index contributed by atoms with van der Waals surface area (Å²) in [5.74, 6) is -0.858. The third kappa shape index (κ3) is 2.29. The van der Waals surface area contributed by atoms with E-state index in [1.165, 1.54) is 7.11 Å². The zero-order valence-corrected chi connectivity index (χ0v) is 9.93. The maximum Gasteiger partial charge on any atom is 0.328 e. The van der Waals surface area contributed by atoms with Gasteiger partial charge < -0.3 is 10.1 Å². The van der Waals surface area contributed by atoms with Crippen LogP contribution in [0, 0.1) is 0 Å². The molecule has 1 amide bonds. The smallest absolute Gasteiger partial charge is 0.328 e. The maximum atomic E-state index is 11.9. The highest BCUT2D eigenvalue weighted by Crippen LogP contribution is 2.10. The van der Waals surface area contributed by atoms with Crippen LogP contribution in [-0.4, -0.2) is 40.4 Å². The van der Waals surface area contributed by atoms with Crippen molar-refractivity contribution in [2.75, 3.05) is 7.11 Å². The fraction of sp³-hybridized carbons (Fsp3) is 0.273. The average Bonchev–Trinajstić information content (AvgIpc) is 2.84. The number of hydrogen-bond acceptors (Lipinski definition) is 5. The highest BCUT2D eigenvalue weighted by Gasteiger charge is 2.17. The first kappa shape index (κ1) is 12.0. The molecule has 0 spiro atoms. The number of rotatable bonds is 3. The number of esters is 1. The van der Waals surface area contributed by atoms with Gasteiger partial charge in [0.1, 0.15) is 17.1 Å². The number of ether oxygens (including phenoxy) is 1. The lowest BCUT2D eigenvalue weighted by molar-refractivity contribution is -0.142. The number of nitrogens with zero attached hydrogens (tertiary/aromatic N) is 2. The van der Waals surface area contributed by atoms with Crippen molar-refractivity contribution in [3.8, 4) is 0 Å². The SMILES string of the molecule is COC(=O)[C@H](C)NC(=O)c1ccc2n[nH]nc2c1. The van der Waals surface area contributed by atoms with Crippen LogP contribution in [0.5, 0.6) is 0 Å². The van der Waals surface area contributed by atoms with Gasteiger partial charge in [0.25, 0.3) is 5.91 Å². The second kappa shape index (κ2) is 4.82. The van der Waals surface area contributed by atoms with E-state index >= 15 is 0 Å². The molecule has 1 heterocycles. The molecule has 0 radical (unpaired) electrons. The number of nitrogens with one attached hydrogen (secondary N) is 2. The number of carbonyl (C=O) groups excluding carboxylic acids is 2. The highest BCUT2D eigenvalue weighted by molar-refractivity contribution is 5.99. The zero-order chi connectivity index (χ0) is 13.1. The van der Waals surface area contributed by atoms with Crippen LogP contribution in [-0.2, 0) is 9.53 Å². The van der Waals surface area contributed by atoms with Gasteiger partial charge in [0, 0.05) is 5.56 Å². The molecule has 0 saturated carbocycles. The standard InChI is InChI=1S/C11H12N4O3/c1-6(11(17)18-2)12-10(16)7-3-4-8-9(5-7)14-15-13-8/h3-6H,1-2H3,(H,12,16)(H,13,14,15)/t6-/m0/s1. The predicted octanol–water partition coefficient (Wildman–Crippen LogP) is 0.249. The molecule has 1 atom stereocenters. The van der Waals surface area contributed by atoms with Crippen LogP contribution >= 0.6 is 0 Å². The van der Waals surface area contributed by atoms with E-state index in [1.807, 2.05) is 0 Å². The van der Waals surface area contributed by atoms with Gasteiger partial charge in [0.05, 0.1) is 7.11 Å². The number of fused-ring (bicyclic) bond motifs is 1. The van der Waals surface area contributed by atoms with E-state index in [1.54, 1.807) is 25.1 Å². The predicted molar refractivity (Wildman–Crippen MR) is 62.8 cm³/mol. The molecular weight excluding hydrogens is 236 g/mol. The minimum Gasteiger partial charge on any atom is -0.467 e. The molecule has 0 fully saturated rings. The van der Waals surface area contributed by atoms with Gasteiger partial charge in [-0.1, -0.05) is 0 Å². The molecular formula is C11H12N4O3. The third-order valence-electron chi connectivity index (χ3n) is 2.48. The third-order valence-corrected chi connectivity index (χ3v) is 2.48. The Labute approximate surface area is 103 Å². The van der Waals surface area contributed by atoms with E-state index in [2.05, 4.69) is 25.5 Å². The summed E-state index contributed by atoms with van der Waals surface area (Å²) < 4.78 is 4.53. The first-order valence-electron chi connectivity index (χ1n) is 5.31. The number of benzene rings is 1. The van der Waals surface area contributed by atoms with Crippen molar-refractivity contribution in [3.05, 3.63) is 23.8 Å². The number of H-pyrrole nitrogens is 1. The molecule has 0 aliphatic carbocycles. The van der Waals surface area contributed by atoms with E-state index in [0.29, 0.717) is 16.6 Å². The van der Waals surface area contributed by atoms with Gasteiger partial charge in [-0.2, -0.15) is 15.4 Å². The van der Waals surface area contributed by atoms with E-state index in [9.17, 15) is 9.59 Å². The number of aromatic nitrogens is 3. The van der Waals surface area contributed by atoms with Crippen molar-refractivity contribution in [2.45, 2.75) is 13.0 Å². The van der Waals surface area contributed by atoms with Crippen LogP contribution in [0.1, 0.15) is 17.3 Å². The Kier molecular flexibility index (Phi) is 3.22. The summed E-state index contributed by atoms with van der Waals surface area (Å²) in [6.45, 7) is 1.55. The van der Waals surface area contributed by atoms with E-state index in [-0.39, 0.29) is 5.91 Å². The van der Waals surface area contributed by atoms with Crippen LogP contribution in [0.4, 0.5) is 0 Å².